The van der Waals surface area contributed by atoms with Crippen LogP contribution in [0.4, 0.5) is 65.9 Å². The summed E-state index contributed by atoms with van der Waals surface area (Å²) < 4.78 is 200. The second kappa shape index (κ2) is 8.44. The highest BCUT2D eigenvalue weighted by atomic mass is 35.5. The molecule has 0 radical (unpaired) electrons. The number of ether oxygens (including phenoxy) is 1. The molecule has 0 atom stereocenters. The van der Waals surface area contributed by atoms with E-state index in [2.05, 4.69) is 4.74 Å². The summed E-state index contributed by atoms with van der Waals surface area (Å²) in [4.78, 5) is 10.7. The van der Waals surface area contributed by atoms with Crippen molar-refractivity contribution in [3.05, 3.63) is 28.8 Å². The number of carboxylic acids is 1. The van der Waals surface area contributed by atoms with Crippen LogP contribution in [0.5, 0.6) is 5.75 Å². The molecule has 0 bridgehead atoms. The van der Waals surface area contributed by atoms with Crippen molar-refractivity contribution in [1.82, 2.24) is 0 Å². The molecule has 0 amide bonds. The van der Waals surface area contributed by atoms with Crippen molar-refractivity contribution >= 4 is 17.6 Å². The molecule has 0 aliphatic rings. The second-order valence-corrected chi connectivity index (χ2v) is 6.72. The molecule has 1 rings (SSSR count). The van der Waals surface area contributed by atoms with E-state index in [9.17, 15) is 70.7 Å². The third-order valence-corrected chi connectivity index (χ3v) is 4.28. The van der Waals surface area contributed by atoms with Crippen LogP contribution in [0.3, 0.4) is 0 Å². The number of aromatic carboxylic acids is 1. The molecule has 0 aromatic heterocycles. The molecule has 0 heterocycles. The zero-order chi connectivity index (χ0) is 27.3. The summed E-state index contributed by atoms with van der Waals surface area (Å²) >= 11 is 5.35. The van der Waals surface area contributed by atoms with Crippen molar-refractivity contribution in [3.8, 4) is 5.75 Å². The molecule has 34 heavy (non-hydrogen) atoms. The summed E-state index contributed by atoms with van der Waals surface area (Å²) in [5, 5.41) is 7.71. The Morgan fingerprint density at radius 3 is 1.53 bits per heavy atom. The van der Waals surface area contributed by atoms with Crippen molar-refractivity contribution in [3.63, 3.8) is 0 Å². The van der Waals surface area contributed by atoms with Crippen molar-refractivity contribution < 1.29 is 80.5 Å². The Morgan fingerprint density at radius 1 is 0.735 bits per heavy atom. The number of benzene rings is 1. The van der Waals surface area contributed by atoms with Gasteiger partial charge in [0.15, 0.2) is 6.61 Å². The van der Waals surface area contributed by atoms with Crippen LogP contribution in [-0.4, -0.2) is 59.4 Å². The molecule has 196 valence electrons. The number of alkyl halides is 15. The summed E-state index contributed by atoms with van der Waals surface area (Å²) in [6.45, 7) is -3.08. The van der Waals surface area contributed by atoms with Crippen LogP contribution in [0.2, 0.25) is 5.02 Å². The van der Waals surface area contributed by atoms with E-state index in [0.29, 0.717) is 18.2 Å². The second-order valence-electron chi connectivity index (χ2n) is 6.31. The summed E-state index contributed by atoms with van der Waals surface area (Å²) in [5.41, 5.74) is -0.645. The Morgan fingerprint density at radius 2 is 1.15 bits per heavy atom. The van der Waals surface area contributed by atoms with Gasteiger partial charge in [0.25, 0.3) is 0 Å². The molecule has 0 fully saturated rings. The summed E-state index contributed by atoms with van der Waals surface area (Å²) in [5.74, 6) is -50.2. The first-order valence-electron chi connectivity index (χ1n) is 7.79. The normalized spacial score (nSPS) is 14.8. The molecule has 0 saturated carbocycles. The molecule has 3 nitrogen and oxygen atoms in total. The van der Waals surface area contributed by atoms with E-state index in [-0.39, 0.29) is 0 Å². The predicted octanol–water partition coefficient (Wildman–Crippen LogP) is 6.79. The molecular weight excluding hydrogens is 549 g/mol. The van der Waals surface area contributed by atoms with E-state index in [1.807, 2.05) is 0 Å². The van der Waals surface area contributed by atoms with Crippen LogP contribution in [0.1, 0.15) is 10.4 Å². The molecule has 0 unspecified atom stereocenters. The summed E-state index contributed by atoms with van der Waals surface area (Å²) in [6, 6.07) is 1.39. The highest BCUT2D eigenvalue weighted by Gasteiger charge is 2.93. The number of hydrogen-bond acceptors (Lipinski definition) is 2. The number of carboxylic acid groups (broad SMARTS) is 1. The van der Waals surface area contributed by atoms with E-state index >= 15 is 0 Å². The van der Waals surface area contributed by atoms with E-state index in [1.54, 1.807) is 0 Å². The van der Waals surface area contributed by atoms with Crippen LogP contribution in [0.15, 0.2) is 18.2 Å². The average Bonchev–Trinajstić information content (AvgIpc) is 2.65. The fourth-order valence-corrected chi connectivity index (χ4v) is 2.24. The van der Waals surface area contributed by atoms with Crippen LogP contribution in [-0.2, 0) is 0 Å². The smallest absolute Gasteiger partial charge is 0.460 e. The van der Waals surface area contributed by atoms with Crippen LogP contribution in [0.25, 0.3) is 0 Å². The van der Waals surface area contributed by atoms with Gasteiger partial charge in [-0.1, -0.05) is 11.6 Å². The Balaban J connectivity index is 3.37. The lowest BCUT2D eigenvalue weighted by molar-refractivity contribution is -0.453. The van der Waals surface area contributed by atoms with Gasteiger partial charge in [-0.15, -0.1) is 0 Å². The maximum Gasteiger partial charge on any atom is 0.460 e. The zero-order valence-electron chi connectivity index (χ0n) is 15.3. The zero-order valence-corrected chi connectivity index (χ0v) is 16.0. The van der Waals surface area contributed by atoms with E-state index in [0.717, 1.165) is 0 Å². The predicted molar refractivity (Wildman–Crippen MR) is 79.6 cm³/mol. The maximum absolute atomic E-state index is 13.7. The number of carbonyl (C=O) groups is 1. The van der Waals surface area contributed by atoms with Crippen LogP contribution >= 0.6 is 11.6 Å². The Hall–Kier alpha value is -2.27. The third kappa shape index (κ3) is 4.39. The number of halogens is 16. The first kappa shape index (κ1) is 29.8. The minimum absolute atomic E-state index is 0.394. The lowest BCUT2D eigenvalue weighted by atomic mass is 9.91. The van der Waals surface area contributed by atoms with Crippen molar-refractivity contribution in [1.29, 1.82) is 0 Å². The highest BCUT2D eigenvalue weighted by molar-refractivity contribution is 6.32. The van der Waals surface area contributed by atoms with Gasteiger partial charge in [0.2, 0.25) is 0 Å². The molecular formula is C15H6ClF15O3. The molecule has 1 aromatic carbocycles. The number of hydrogen-bond donors (Lipinski definition) is 1. The van der Waals surface area contributed by atoms with Gasteiger partial charge in [-0.2, -0.15) is 65.9 Å². The standard InChI is InChI=1S/C15H6ClF15O3/c16-6-3-5(8(32)33)1-2-7(6)34-4-9(17,18)10(19,20)11(21,22)12(23,24)13(25,26)14(27,28)15(29,30)31/h1-3H,4H2,(H,32,33). The molecule has 1 N–H and O–H groups in total. The van der Waals surface area contributed by atoms with Gasteiger partial charge in [-0.3, -0.25) is 0 Å². The van der Waals surface area contributed by atoms with Crippen molar-refractivity contribution in [2.75, 3.05) is 6.61 Å². The lowest BCUT2D eigenvalue weighted by Gasteiger charge is -2.41. The Bertz CT molecular complexity index is 926. The quantitative estimate of drug-likeness (QED) is 0.342. The molecule has 0 aliphatic carbocycles. The van der Waals surface area contributed by atoms with Crippen molar-refractivity contribution in [2.45, 2.75) is 41.7 Å². The fourth-order valence-electron chi connectivity index (χ4n) is 2.01. The highest BCUT2D eigenvalue weighted by Crippen LogP contribution is 2.62. The minimum Gasteiger partial charge on any atom is -0.485 e. The summed E-state index contributed by atoms with van der Waals surface area (Å²) in [6.07, 6.45) is -7.68. The van der Waals surface area contributed by atoms with Crippen LogP contribution in [0, 0.1) is 0 Å². The Kier molecular flexibility index (Phi) is 7.39. The Labute approximate surface area is 182 Å². The SMILES string of the molecule is O=C(O)c1ccc(OCC(F)(F)C(F)(F)C(F)(F)C(F)(F)C(F)(F)C(F)(F)C(F)(F)F)c(Cl)c1. The summed E-state index contributed by atoms with van der Waals surface area (Å²) in [7, 11) is 0. The monoisotopic (exact) mass is 554 g/mol. The van der Waals surface area contributed by atoms with Crippen molar-refractivity contribution in [2.24, 2.45) is 0 Å². The molecule has 0 aliphatic heterocycles. The van der Waals surface area contributed by atoms with E-state index in [1.165, 1.54) is 0 Å². The molecule has 0 saturated heterocycles. The number of rotatable bonds is 9. The fraction of sp³-hybridized carbons (Fsp3) is 0.533. The maximum atomic E-state index is 13.7. The van der Waals surface area contributed by atoms with Crippen LogP contribution < -0.4 is 4.74 Å². The van der Waals surface area contributed by atoms with Gasteiger partial charge in [0.05, 0.1) is 10.6 Å². The topological polar surface area (TPSA) is 46.5 Å². The van der Waals surface area contributed by atoms with Gasteiger partial charge >= 0.3 is 47.7 Å². The lowest BCUT2D eigenvalue weighted by Crippen LogP contribution is -2.73. The molecule has 0 spiro atoms. The average molecular weight is 555 g/mol. The van der Waals surface area contributed by atoms with E-state index in [4.69, 9.17) is 16.7 Å². The minimum atomic E-state index is -8.40. The van der Waals surface area contributed by atoms with Gasteiger partial charge < -0.3 is 9.84 Å². The van der Waals surface area contributed by atoms with Gasteiger partial charge in [-0.05, 0) is 18.2 Å². The van der Waals surface area contributed by atoms with Gasteiger partial charge in [0.1, 0.15) is 5.75 Å². The first-order valence-corrected chi connectivity index (χ1v) is 8.16. The third-order valence-electron chi connectivity index (χ3n) is 3.98. The van der Waals surface area contributed by atoms with Gasteiger partial charge in [0, 0.05) is 0 Å². The first-order chi connectivity index (χ1) is 14.8. The molecule has 1 aromatic rings. The van der Waals surface area contributed by atoms with Gasteiger partial charge in [-0.25, -0.2) is 4.79 Å². The largest absolute Gasteiger partial charge is 0.485 e. The van der Waals surface area contributed by atoms with E-state index < -0.39 is 70.6 Å². The molecule has 19 heteroatoms.